The van der Waals surface area contributed by atoms with Crippen molar-refractivity contribution in [3.05, 3.63) is 102 Å². The monoisotopic (exact) mass is 453 g/mol. The number of nitrogens with two attached hydrogens (primary N) is 1. The summed E-state index contributed by atoms with van der Waals surface area (Å²) in [5.41, 5.74) is 9.55. The third-order valence-electron chi connectivity index (χ3n) is 5.95. The molecule has 5 rings (SSSR count). The molecule has 0 aliphatic heterocycles. The number of carbonyl (C=O) groups excluding carboxylic acids is 1. The summed E-state index contributed by atoms with van der Waals surface area (Å²) < 4.78 is 16.2. The predicted molar refractivity (Wildman–Crippen MR) is 132 cm³/mol. The first-order valence-corrected chi connectivity index (χ1v) is 11.2. The highest BCUT2D eigenvalue weighted by Crippen LogP contribution is 2.31. The first-order valence-electron chi connectivity index (χ1n) is 11.2. The van der Waals surface area contributed by atoms with E-state index in [1.807, 2.05) is 65.2 Å². The fourth-order valence-corrected chi connectivity index (χ4v) is 4.26. The van der Waals surface area contributed by atoms with Crippen LogP contribution in [0.15, 0.2) is 78.9 Å². The molecule has 0 fully saturated rings. The Hall–Kier alpha value is -4.26. The molecule has 3 N–H and O–H groups in total. The summed E-state index contributed by atoms with van der Waals surface area (Å²) in [5, 5.41) is 4.48. The SMILES string of the molecule is Nc1nc(C(=O)NCCc2ccccc2)nc2c1c1ccccc1n2CCc1ccccc1F. The maximum atomic E-state index is 14.2. The Morgan fingerprint density at radius 1 is 0.912 bits per heavy atom. The van der Waals surface area contributed by atoms with Gasteiger partial charge < -0.3 is 15.6 Å². The fraction of sp³-hybridized carbons (Fsp3) is 0.148. The number of nitrogen functional groups attached to an aromatic ring is 1. The fourth-order valence-electron chi connectivity index (χ4n) is 4.26. The smallest absolute Gasteiger partial charge is 0.289 e. The van der Waals surface area contributed by atoms with Gasteiger partial charge in [0.25, 0.3) is 5.91 Å². The zero-order valence-corrected chi connectivity index (χ0v) is 18.5. The van der Waals surface area contributed by atoms with E-state index < -0.39 is 0 Å². The van der Waals surface area contributed by atoms with Gasteiger partial charge in [0, 0.05) is 18.5 Å². The first-order chi connectivity index (χ1) is 16.6. The van der Waals surface area contributed by atoms with E-state index in [2.05, 4.69) is 15.3 Å². The number of rotatable bonds is 7. The van der Waals surface area contributed by atoms with Gasteiger partial charge in [0.2, 0.25) is 5.82 Å². The van der Waals surface area contributed by atoms with Crippen LogP contribution in [0.2, 0.25) is 0 Å². The van der Waals surface area contributed by atoms with Gasteiger partial charge in [-0.1, -0.05) is 66.7 Å². The van der Waals surface area contributed by atoms with Crippen molar-refractivity contribution in [2.75, 3.05) is 12.3 Å². The van der Waals surface area contributed by atoms with Crippen molar-refractivity contribution in [1.82, 2.24) is 19.9 Å². The molecule has 5 aromatic rings. The Kier molecular flexibility index (Phi) is 5.91. The van der Waals surface area contributed by atoms with Gasteiger partial charge in [-0.05, 0) is 36.1 Å². The van der Waals surface area contributed by atoms with Crippen molar-refractivity contribution >= 4 is 33.7 Å². The van der Waals surface area contributed by atoms with Crippen LogP contribution in [-0.2, 0) is 19.4 Å². The van der Waals surface area contributed by atoms with Gasteiger partial charge in [-0.3, -0.25) is 4.79 Å². The molecule has 2 aromatic heterocycles. The van der Waals surface area contributed by atoms with E-state index in [-0.39, 0.29) is 23.4 Å². The summed E-state index contributed by atoms with van der Waals surface area (Å²) >= 11 is 0. The highest BCUT2D eigenvalue weighted by molar-refractivity contribution is 6.12. The van der Waals surface area contributed by atoms with Crippen molar-refractivity contribution in [2.45, 2.75) is 19.4 Å². The molecule has 0 unspecified atom stereocenters. The second kappa shape index (κ2) is 9.31. The molecule has 3 aromatic carbocycles. The van der Waals surface area contributed by atoms with Crippen LogP contribution >= 0.6 is 0 Å². The molecule has 6 nitrogen and oxygen atoms in total. The zero-order chi connectivity index (χ0) is 23.5. The Bertz CT molecular complexity index is 1480. The Balaban J connectivity index is 1.47. The third-order valence-corrected chi connectivity index (χ3v) is 5.95. The van der Waals surface area contributed by atoms with Gasteiger partial charge in [0.05, 0.1) is 10.9 Å². The Labute approximate surface area is 196 Å². The highest BCUT2D eigenvalue weighted by Gasteiger charge is 2.19. The highest BCUT2D eigenvalue weighted by atomic mass is 19.1. The number of anilines is 1. The molecular formula is C27H24FN5O. The standard InChI is InChI=1S/C27H24FN5O/c28-21-12-6-4-10-19(21)15-17-33-22-13-7-5-11-20(22)23-24(29)31-25(32-26(23)33)27(34)30-16-14-18-8-2-1-3-9-18/h1-13H,14-17H2,(H,30,34)(H2,29,31,32). The lowest BCUT2D eigenvalue weighted by atomic mass is 10.1. The summed E-state index contributed by atoms with van der Waals surface area (Å²) in [4.78, 5) is 21.7. The first kappa shape index (κ1) is 21.6. The number of halogens is 1. The lowest BCUT2D eigenvalue weighted by Gasteiger charge is -2.09. The van der Waals surface area contributed by atoms with Crippen LogP contribution in [0.4, 0.5) is 10.2 Å². The molecule has 0 radical (unpaired) electrons. The van der Waals surface area contributed by atoms with E-state index in [1.54, 1.807) is 12.1 Å². The van der Waals surface area contributed by atoms with Gasteiger partial charge in [-0.15, -0.1) is 0 Å². The molecule has 34 heavy (non-hydrogen) atoms. The normalized spacial score (nSPS) is 11.2. The summed E-state index contributed by atoms with van der Waals surface area (Å²) in [5.74, 6) is -0.349. The van der Waals surface area contributed by atoms with Crippen molar-refractivity contribution in [2.24, 2.45) is 0 Å². The van der Waals surface area contributed by atoms with E-state index in [1.165, 1.54) is 6.07 Å². The zero-order valence-electron chi connectivity index (χ0n) is 18.5. The number of fused-ring (bicyclic) bond motifs is 3. The number of nitrogens with zero attached hydrogens (tertiary/aromatic N) is 3. The number of hydrogen-bond acceptors (Lipinski definition) is 4. The average Bonchev–Trinajstić information content (AvgIpc) is 3.18. The number of aromatic nitrogens is 3. The Morgan fingerprint density at radius 2 is 1.65 bits per heavy atom. The summed E-state index contributed by atoms with van der Waals surface area (Å²) in [6.45, 7) is 0.941. The number of hydrogen-bond donors (Lipinski definition) is 2. The minimum Gasteiger partial charge on any atom is -0.383 e. The lowest BCUT2D eigenvalue weighted by Crippen LogP contribution is -2.28. The van der Waals surface area contributed by atoms with Crippen LogP contribution in [-0.4, -0.2) is 27.0 Å². The molecule has 0 saturated heterocycles. The maximum Gasteiger partial charge on any atom is 0.289 e. The maximum absolute atomic E-state index is 14.2. The molecule has 7 heteroatoms. The Morgan fingerprint density at radius 3 is 2.47 bits per heavy atom. The quantitative estimate of drug-likeness (QED) is 0.379. The molecule has 0 atom stereocenters. The van der Waals surface area contributed by atoms with Gasteiger partial charge in [0.15, 0.2) is 0 Å². The summed E-state index contributed by atoms with van der Waals surface area (Å²) in [6, 6.07) is 24.4. The molecule has 0 bridgehead atoms. The molecule has 0 aliphatic carbocycles. The van der Waals surface area contributed by atoms with E-state index in [0.717, 1.165) is 16.5 Å². The number of carbonyl (C=O) groups is 1. The number of aryl methyl sites for hydroxylation is 2. The van der Waals surface area contributed by atoms with Crippen LogP contribution in [0.25, 0.3) is 21.9 Å². The average molecular weight is 454 g/mol. The molecule has 0 saturated carbocycles. The number of para-hydroxylation sites is 1. The third kappa shape index (κ3) is 4.20. The van der Waals surface area contributed by atoms with Crippen LogP contribution in [0, 0.1) is 5.82 Å². The minimum atomic E-state index is -0.379. The largest absolute Gasteiger partial charge is 0.383 e. The molecule has 0 aliphatic rings. The number of amides is 1. The molecule has 1 amide bonds. The van der Waals surface area contributed by atoms with Crippen molar-refractivity contribution in [1.29, 1.82) is 0 Å². The van der Waals surface area contributed by atoms with E-state index in [9.17, 15) is 9.18 Å². The van der Waals surface area contributed by atoms with Crippen LogP contribution in [0.3, 0.4) is 0 Å². The second-order valence-corrected chi connectivity index (χ2v) is 8.13. The molecule has 0 spiro atoms. The van der Waals surface area contributed by atoms with E-state index >= 15 is 0 Å². The van der Waals surface area contributed by atoms with Gasteiger partial charge in [0.1, 0.15) is 17.3 Å². The number of benzene rings is 3. The topological polar surface area (TPSA) is 85.8 Å². The number of nitrogens with one attached hydrogen (secondary N) is 1. The van der Waals surface area contributed by atoms with Gasteiger partial charge in [-0.25, -0.2) is 14.4 Å². The lowest BCUT2D eigenvalue weighted by molar-refractivity contribution is 0.0944. The molecule has 2 heterocycles. The second-order valence-electron chi connectivity index (χ2n) is 8.13. The van der Waals surface area contributed by atoms with Gasteiger partial charge >= 0.3 is 0 Å². The van der Waals surface area contributed by atoms with Crippen LogP contribution < -0.4 is 11.1 Å². The van der Waals surface area contributed by atoms with E-state index in [4.69, 9.17) is 5.73 Å². The van der Waals surface area contributed by atoms with Crippen LogP contribution in [0.1, 0.15) is 21.7 Å². The molecule has 170 valence electrons. The summed E-state index contributed by atoms with van der Waals surface area (Å²) in [7, 11) is 0. The van der Waals surface area contributed by atoms with Crippen molar-refractivity contribution in [3.8, 4) is 0 Å². The minimum absolute atomic E-state index is 0.0213. The van der Waals surface area contributed by atoms with E-state index in [0.29, 0.717) is 42.5 Å². The van der Waals surface area contributed by atoms with Crippen LogP contribution in [0.5, 0.6) is 0 Å². The molecular weight excluding hydrogens is 429 g/mol. The predicted octanol–water partition coefficient (Wildman–Crippen LogP) is 4.52. The van der Waals surface area contributed by atoms with Crippen molar-refractivity contribution < 1.29 is 9.18 Å². The van der Waals surface area contributed by atoms with Crippen molar-refractivity contribution in [3.63, 3.8) is 0 Å². The van der Waals surface area contributed by atoms with Gasteiger partial charge in [-0.2, -0.15) is 0 Å². The summed E-state index contributed by atoms with van der Waals surface area (Å²) in [6.07, 6.45) is 1.18.